The lowest BCUT2D eigenvalue weighted by molar-refractivity contribution is -0.138. The van der Waals surface area contributed by atoms with Gasteiger partial charge in [-0.05, 0) is 12.8 Å². The van der Waals surface area contributed by atoms with Crippen molar-refractivity contribution in [2.45, 2.75) is 63.7 Å². The number of hydrogen-bond donors (Lipinski definition) is 0. The Labute approximate surface area is 141 Å². The van der Waals surface area contributed by atoms with Crippen LogP contribution in [0.15, 0.2) is 25.3 Å². The summed E-state index contributed by atoms with van der Waals surface area (Å²) in [6.07, 6.45) is 6.61. The average Bonchev–Trinajstić information content (AvgIpc) is 2.55. The van der Waals surface area contributed by atoms with Gasteiger partial charge < -0.3 is 9.47 Å². The van der Waals surface area contributed by atoms with E-state index in [4.69, 9.17) is 9.47 Å². The zero-order chi connectivity index (χ0) is 17.6. The first-order chi connectivity index (χ1) is 11.0. The molecule has 5 heteroatoms. The van der Waals surface area contributed by atoms with Crippen molar-refractivity contribution in [3.8, 4) is 0 Å². The number of ether oxygens (including phenoxy) is 2. The Balaban J connectivity index is 4.42. The van der Waals surface area contributed by atoms with E-state index in [9.17, 15) is 9.59 Å². The monoisotopic (exact) mass is 340 g/mol. The highest BCUT2D eigenvalue weighted by molar-refractivity contribution is 6.79. The number of carbonyl (C=O) groups excluding carboxylic acids is 2. The number of rotatable bonds is 14. The van der Waals surface area contributed by atoms with Crippen LogP contribution in [-0.2, 0) is 19.1 Å². The molecule has 0 aromatic heterocycles. The van der Waals surface area contributed by atoms with Gasteiger partial charge in [0.1, 0.15) is 0 Å². The minimum atomic E-state index is -1.39. The van der Waals surface area contributed by atoms with E-state index in [2.05, 4.69) is 27.0 Å². The molecular formula is C18H32O4Si. The van der Waals surface area contributed by atoms with Crippen molar-refractivity contribution >= 4 is 20.0 Å². The maximum Gasteiger partial charge on any atom is 0.330 e. The standard InChI is InChI=1S/C18H32O4Si/c1-5-13-23(14-6-2,15-9-11-21-17(19)7-3)16-10-12-22-18(20)8-4/h7-8H,3-6,9-16H2,1-2H3. The first-order valence-electron chi connectivity index (χ1n) is 8.62. The molecule has 0 heterocycles. The average molecular weight is 341 g/mol. The van der Waals surface area contributed by atoms with Gasteiger partial charge in [0.15, 0.2) is 0 Å². The van der Waals surface area contributed by atoms with Crippen LogP contribution >= 0.6 is 0 Å². The molecule has 0 aliphatic heterocycles. The third kappa shape index (κ3) is 10.1. The third-order valence-electron chi connectivity index (χ3n) is 4.09. The number of carbonyl (C=O) groups is 2. The van der Waals surface area contributed by atoms with E-state index in [1.165, 1.54) is 37.1 Å². The molecule has 0 rings (SSSR count). The first kappa shape index (κ1) is 21.6. The highest BCUT2D eigenvalue weighted by Gasteiger charge is 2.30. The van der Waals surface area contributed by atoms with Gasteiger partial charge in [0, 0.05) is 12.2 Å². The van der Waals surface area contributed by atoms with Crippen molar-refractivity contribution in [1.82, 2.24) is 0 Å². The van der Waals surface area contributed by atoms with Gasteiger partial charge in [-0.25, -0.2) is 9.59 Å². The van der Waals surface area contributed by atoms with Crippen molar-refractivity contribution in [2.75, 3.05) is 13.2 Å². The molecule has 0 aliphatic carbocycles. The van der Waals surface area contributed by atoms with E-state index >= 15 is 0 Å². The van der Waals surface area contributed by atoms with Gasteiger partial charge in [0.25, 0.3) is 0 Å². The molecule has 0 saturated heterocycles. The van der Waals surface area contributed by atoms with E-state index in [1.807, 2.05) is 0 Å². The van der Waals surface area contributed by atoms with Crippen LogP contribution in [0.25, 0.3) is 0 Å². The lowest BCUT2D eigenvalue weighted by atomic mass is 10.5. The highest BCUT2D eigenvalue weighted by Crippen LogP contribution is 2.31. The van der Waals surface area contributed by atoms with Crippen molar-refractivity contribution < 1.29 is 19.1 Å². The summed E-state index contributed by atoms with van der Waals surface area (Å²) < 4.78 is 10.2. The van der Waals surface area contributed by atoms with Crippen LogP contribution in [0.4, 0.5) is 0 Å². The molecule has 0 amide bonds. The summed E-state index contributed by atoms with van der Waals surface area (Å²) in [5.74, 6) is -0.695. The molecule has 0 saturated carbocycles. The van der Waals surface area contributed by atoms with Crippen molar-refractivity contribution in [3.05, 3.63) is 25.3 Å². The van der Waals surface area contributed by atoms with E-state index in [0.29, 0.717) is 13.2 Å². The molecule has 0 aromatic carbocycles. The Kier molecular flexibility index (Phi) is 12.3. The SMILES string of the molecule is C=CC(=O)OCCC[Si](CCC)(CCC)CCCOC(=O)C=C. The quantitative estimate of drug-likeness (QED) is 0.202. The molecule has 4 nitrogen and oxygen atoms in total. The van der Waals surface area contributed by atoms with Crippen molar-refractivity contribution in [3.63, 3.8) is 0 Å². The molecule has 0 fully saturated rings. The Morgan fingerprint density at radius 3 is 1.52 bits per heavy atom. The van der Waals surface area contributed by atoms with Gasteiger partial charge in [-0.15, -0.1) is 0 Å². The summed E-state index contributed by atoms with van der Waals surface area (Å²) in [4.78, 5) is 22.2. The fraction of sp³-hybridized carbons (Fsp3) is 0.667. The van der Waals surface area contributed by atoms with Gasteiger partial charge in [-0.2, -0.15) is 0 Å². The fourth-order valence-corrected chi connectivity index (χ4v) is 8.58. The third-order valence-corrected chi connectivity index (χ3v) is 10.0. The second kappa shape index (κ2) is 13.1. The van der Waals surface area contributed by atoms with Gasteiger partial charge in [-0.1, -0.05) is 64.0 Å². The largest absolute Gasteiger partial charge is 0.463 e. The second-order valence-electron chi connectivity index (χ2n) is 5.95. The fourth-order valence-electron chi connectivity index (χ4n) is 3.17. The normalized spacial score (nSPS) is 10.9. The summed E-state index contributed by atoms with van der Waals surface area (Å²) >= 11 is 0. The van der Waals surface area contributed by atoms with Gasteiger partial charge >= 0.3 is 11.9 Å². The van der Waals surface area contributed by atoms with Crippen LogP contribution in [0.5, 0.6) is 0 Å². The topological polar surface area (TPSA) is 52.6 Å². The van der Waals surface area contributed by atoms with E-state index in [0.717, 1.165) is 24.9 Å². The van der Waals surface area contributed by atoms with Crippen LogP contribution in [-0.4, -0.2) is 33.2 Å². The summed E-state index contributed by atoms with van der Waals surface area (Å²) in [6, 6.07) is 4.89. The van der Waals surface area contributed by atoms with Gasteiger partial charge in [-0.3, -0.25) is 0 Å². The zero-order valence-corrected chi connectivity index (χ0v) is 15.8. The van der Waals surface area contributed by atoms with Gasteiger partial charge in [0.2, 0.25) is 0 Å². The molecule has 132 valence electrons. The Hall–Kier alpha value is -1.36. The molecular weight excluding hydrogens is 308 g/mol. The molecule has 0 atom stereocenters. The lowest BCUT2D eigenvalue weighted by Crippen LogP contribution is -2.34. The second-order valence-corrected chi connectivity index (χ2v) is 11.0. The predicted octanol–water partition coefficient (Wildman–Crippen LogP) is 4.49. The molecule has 0 radical (unpaired) electrons. The minimum Gasteiger partial charge on any atom is -0.463 e. The molecule has 0 bridgehead atoms. The summed E-state index contributed by atoms with van der Waals surface area (Å²) in [7, 11) is -1.39. The van der Waals surface area contributed by atoms with Gasteiger partial charge in [0.05, 0.1) is 21.3 Å². The smallest absolute Gasteiger partial charge is 0.330 e. The molecule has 0 spiro atoms. The highest BCUT2D eigenvalue weighted by atomic mass is 28.3. The molecule has 0 aliphatic rings. The summed E-state index contributed by atoms with van der Waals surface area (Å²) in [6.45, 7) is 12.2. The van der Waals surface area contributed by atoms with Crippen LogP contribution < -0.4 is 0 Å². The zero-order valence-electron chi connectivity index (χ0n) is 14.8. The van der Waals surface area contributed by atoms with E-state index < -0.39 is 8.07 Å². The molecule has 0 aromatic rings. The van der Waals surface area contributed by atoms with Crippen LogP contribution in [0.2, 0.25) is 24.2 Å². The maximum absolute atomic E-state index is 11.1. The van der Waals surface area contributed by atoms with E-state index in [1.54, 1.807) is 0 Å². The van der Waals surface area contributed by atoms with Crippen LogP contribution in [0.3, 0.4) is 0 Å². The van der Waals surface area contributed by atoms with Crippen LogP contribution in [0, 0.1) is 0 Å². The van der Waals surface area contributed by atoms with Crippen LogP contribution in [0.1, 0.15) is 39.5 Å². The minimum absolute atomic E-state index is 0.348. The number of esters is 2. The summed E-state index contributed by atoms with van der Waals surface area (Å²) in [5, 5.41) is 0. The van der Waals surface area contributed by atoms with E-state index in [-0.39, 0.29) is 11.9 Å². The molecule has 23 heavy (non-hydrogen) atoms. The lowest BCUT2D eigenvalue weighted by Gasteiger charge is -2.31. The first-order valence-corrected chi connectivity index (χ1v) is 11.4. The predicted molar refractivity (Wildman–Crippen MR) is 97.1 cm³/mol. The Bertz CT molecular complexity index is 343. The Morgan fingerprint density at radius 2 is 1.22 bits per heavy atom. The van der Waals surface area contributed by atoms with Crippen molar-refractivity contribution in [2.24, 2.45) is 0 Å². The molecule has 0 N–H and O–H groups in total. The summed E-state index contributed by atoms with van der Waals surface area (Å²) in [5.41, 5.74) is 0. The van der Waals surface area contributed by atoms with Crippen molar-refractivity contribution in [1.29, 1.82) is 0 Å². The number of hydrogen-bond acceptors (Lipinski definition) is 4. The Morgan fingerprint density at radius 1 is 0.826 bits per heavy atom. The maximum atomic E-state index is 11.1. The molecule has 0 unspecified atom stereocenters.